The Morgan fingerprint density at radius 3 is 2.68 bits per heavy atom. The van der Waals surface area contributed by atoms with E-state index in [0.717, 1.165) is 54.5 Å². The van der Waals surface area contributed by atoms with Crippen LogP contribution in [0.3, 0.4) is 0 Å². The largest absolute Gasteiger partial charge is 0.463 e. The van der Waals surface area contributed by atoms with Crippen molar-refractivity contribution in [3.05, 3.63) is 82.2 Å². The van der Waals surface area contributed by atoms with Gasteiger partial charge in [0.15, 0.2) is 0 Å². The number of piperidine rings is 1. The van der Waals surface area contributed by atoms with Crippen LogP contribution in [0.5, 0.6) is 0 Å². The first-order valence-electron chi connectivity index (χ1n) is 13.2. The third-order valence-corrected chi connectivity index (χ3v) is 7.35. The number of carbonyl (C=O) groups excluding carboxylic acids is 2. The topological polar surface area (TPSA) is 68.7 Å². The average molecular weight is 523 g/mol. The molecule has 1 atom stereocenters. The molecule has 1 unspecified atom stereocenters. The van der Waals surface area contributed by atoms with Gasteiger partial charge in [-0.05, 0) is 98.4 Å². The van der Waals surface area contributed by atoms with Crippen LogP contribution < -0.4 is 0 Å². The Morgan fingerprint density at radius 2 is 1.92 bits per heavy atom. The highest BCUT2D eigenvalue weighted by atomic mass is 35.5. The van der Waals surface area contributed by atoms with Crippen molar-refractivity contribution < 1.29 is 19.1 Å². The minimum atomic E-state index is -0.362. The summed E-state index contributed by atoms with van der Waals surface area (Å²) >= 11 is 6.52. The van der Waals surface area contributed by atoms with Crippen LogP contribution in [0, 0.1) is 5.92 Å². The number of esters is 1. The molecule has 1 aliphatic carbocycles. The predicted molar refractivity (Wildman–Crippen MR) is 146 cm³/mol. The van der Waals surface area contributed by atoms with Crippen LogP contribution in [0.4, 0.5) is 4.79 Å². The average Bonchev–Trinajstić information content (AvgIpc) is 2.90. The molecular weight excluding hydrogens is 488 g/mol. The molecule has 1 saturated heterocycles. The maximum absolute atomic E-state index is 12.3. The molecule has 0 radical (unpaired) electrons. The third-order valence-electron chi connectivity index (χ3n) is 7.12. The lowest BCUT2D eigenvalue weighted by molar-refractivity contribution is -0.137. The number of benzene rings is 1. The summed E-state index contributed by atoms with van der Waals surface area (Å²) < 4.78 is 10.4. The molecule has 0 saturated carbocycles. The maximum atomic E-state index is 12.3. The number of fused-ring (bicyclic) bond motifs is 2. The van der Waals surface area contributed by atoms with Crippen LogP contribution >= 0.6 is 11.6 Å². The number of pyridine rings is 1. The monoisotopic (exact) mass is 522 g/mol. The van der Waals surface area contributed by atoms with Gasteiger partial charge in [-0.2, -0.15) is 0 Å². The molecule has 0 bridgehead atoms. The highest BCUT2D eigenvalue weighted by molar-refractivity contribution is 6.30. The Balaban J connectivity index is 1.77. The number of carbonyl (C=O) groups is 2. The van der Waals surface area contributed by atoms with E-state index in [1.165, 1.54) is 11.6 Å². The third kappa shape index (κ3) is 6.61. The minimum Gasteiger partial charge on any atom is -0.463 e. The van der Waals surface area contributed by atoms with Gasteiger partial charge < -0.3 is 14.4 Å². The van der Waals surface area contributed by atoms with Crippen molar-refractivity contribution in [1.29, 1.82) is 0 Å². The van der Waals surface area contributed by atoms with E-state index in [1.807, 2.05) is 37.4 Å². The first-order chi connectivity index (χ1) is 18.0. The van der Waals surface area contributed by atoms with Gasteiger partial charge >= 0.3 is 12.1 Å². The Morgan fingerprint density at radius 1 is 1.14 bits per heavy atom. The van der Waals surface area contributed by atoms with E-state index in [4.69, 9.17) is 26.1 Å². The first-order valence-corrected chi connectivity index (χ1v) is 13.6. The predicted octanol–water partition coefficient (Wildman–Crippen LogP) is 6.57. The minimum absolute atomic E-state index is 0.0327. The quantitative estimate of drug-likeness (QED) is 0.328. The van der Waals surface area contributed by atoms with Gasteiger partial charge in [-0.15, -0.1) is 0 Å². The number of aromatic nitrogens is 1. The second kappa shape index (κ2) is 12.9. The molecule has 2 aliphatic rings. The zero-order valence-corrected chi connectivity index (χ0v) is 22.4. The van der Waals surface area contributed by atoms with Crippen molar-refractivity contribution in [3.8, 4) is 0 Å². The van der Waals surface area contributed by atoms with Crippen LogP contribution in [0.15, 0.2) is 54.8 Å². The zero-order valence-electron chi connectivity index (χ0n) is 21.6. The maximum Gasteiger partial charge on any atom is 0.409 e. The zero-order chi connectivity index (χ0) is 26.2. The van der Waals surface area contributed by atoms with Crippen molar-refractivity contribution in [1.82, 2.24) is 9.88 Å². The molecule has 1 aromatic carbocycles. The summed E-state index contributed by atoms with van der Waals surface area (Å²) in [5.41, 5.74) is 5.46. The van der Waals surface area contributed by atoms with Crippen LogP contribution in [0.25, 0.3) is 5.57 Å². The molecule has 2 aromatic rings. The van der Waals surface area contributed by atoms with Gasteiger partial charge in [0.2, 0.25) is 0 Å². The number of rotatable bonds is 5. The first kappa shape index (κ1) is 26.9. The second-order valence-electron chi connectivity index (χ2n) is 9.42. The smallest absolute Gasteiger partial charge is 0.409 e. The van der Waals surface area contributed by atoms with Crippen LogP contribution in [0.1, 0.15) is 67.8 Å². The summed E-state index contributed by atoms with van der Waals surface area (Å²) in [6, 6.07) is 10.2. The Labute approximate surface area is 224 Å². The number of ether oxygens (including phenoxy) is 2. The van der Waals surface area contributed by atoms with E-state index < -0.39 is 0 Å². The van der Waals surface area contributed by atoms with Crippen molar-refractivity contribution in [2.75, 3.05) is 26.3 Å². The van der Waals surface area contributed by atoms with Crippen LogP contribution in [0.2, 0.25) is 5.02 Å². The molecule has 196 valence electrons. The Kier molecular flexibility index (Phi) is 9.40. The number of aryl methyl sites for hydroxylation is 1. The number of halogens is 1. The number of nitrogens with zero attached hydrogens (tertiary/aromatic N) is 2. The molecule has 0 N–H and O–H groups in total. The molecule has 2 heterocycles. The molecular formula is C30H35ClN2O4. The highest BCUT2D eigenvalue weighted by Gasteiger charge is 2.34. The van der Waals surface area contributed by atoms with Gasteiger partial charge in [0.1, 0.15) is 0 Å². The van der Waals surface area contributed by atoms with E-state index in [9.17, 15) is 9.59 Å². The normalized spacial score (nSPS) is 19.9. The Hall–Kier alpha value is -3.12. The number of allylic oxidation sites excluding steroid dienone is 3. The molecule has 6 nitrogen and oxygen atoms in total. The summed E-state index contributed by atoms with van der Waals surface area (Å²) in [6.45, 7) is 5.64. The van der Waals surface area contributed by atoms with E-state index in [1.54, 1.807) is 11.8 Å². The molecule has 0 spiro atoms. The lowest BCUT2D eigenvalue weighted by Crippen LogP contribution is -2.40. The molecule has 1 amide bonds. The summed E-state index contributed by atoms with van der Waals surface area (Å²) in [5, 5.41) is 0.642. The molecule has 7 heteroatoms. The van der Waals surface area contributed by atoms with Gasteiger partial charge in [-0.25, -0.2) is 9.59 Å². The van der Waals surface area contributed by atoms with Gasteiger partial charge in [-0.3, -0.25) is 4.98 Å². The number of amides is 1. The Bertz CT molecular complexity index is 1170. The summed E-state index contributed by atoms with van der Waals surface area (Å²) in [5.74, 6) is -0.0433. The van der Waals surface area contributed by atoms with Crippen molar-refractivity contribution >= 4 is 29.2 Å². The van der Waals surface area contributed by atoms with E-state index >= 15 is 0 Å². The van der Waals surface area contributed by atoms with Crippen LogP contribution in [-0.4, -0.2) is 48.2 Å². The lowest BCUT2D eigenvalue weighted by atomic mass is 9.74. The summed E-state index contributed by atoms with van der Waals surface area (Å²) in [6.07, 6.45) is 11.6. The van der Waals surface area contributed by atoms with Gasteiger partial charge in [0, 0.05) is 36.3 Å². The fourth-order valence-electron chi connectivity index (χ4n) is 5.41. The number of likely N-dealkylation sites (tertiary alicyclic amines) is 1. The molecule has 1 aliphatic heterocycles. The number of hydrogen-bond acceptors (Lipinski definition) is 5. The van der Waals surface area contributed by atoms with E-state index in [0.29, 0.717) is 31.3 Å². The second-order valence-corrected chi connectivity index (χ2v) is 9.85. The van der Waals surface area contributed by atoms with Gasteiger partial charge in [-0.1, -0.05) is 29.8 Å². The van der Waals surface area contributed by atoms with Crippen molar-refractivity contribution in [3.63, 3.8) is 0 Å². The van der Waals surface area contributed by atoms with Gasteiger partial charge in [0.05, 0.1) is 18.9 Å². The van der Waals surface area contributed by atoms with Gasteiger partial charge in [0.25, 0.3) is 0 Å². The lowest BCUT2D eigenvalue weighted by Gasteiger charge is -2.37. The molecule has 1 fully saturated rings. The fraction of sp³-hybridized carbons (Fsp3) is 0.433. The van der Waals surface area contributed by atoms with Crippen molar-refractivity contribution in [2.24, 2.45) is 5.92 Å². The van der Waals surface area contributed by atoms with Crippen LogP contribution in [-0.2, 0) is 20.7 Å². The molecule has 37 heavy (non-hydrogen) atoms. The van der Waals surface area contributed by atoms with Crippen molar-refractivity contribution in [2.45, 2.75) is 51.9 Å². The fourth-order valence-corrected chi connectivity index (χ4v) is 5.58. The summed E-state index contributed by atoms with van der Waals surface area (Å²) in [7, 11) is 0. The molecule has 4 rings (SSSR count). The SMILES string of the molecule is CCOC(=O)/C=C/C1=C/CCCc2cccnc2C(C2CCN(C(=O)OCC)CC2)c2ccc(Cl)cc21. The standard InChI is InChI=1S/C30H35ClN2O4/c1-3-36-27(34)14-11-21-8-5-6-9-23-10-7-17-32-29(23)28(25-13-12-24(31)20-26(21)25)22-15-18-33(19-16-22)30(35)37-4-2/h7-8,10-14,17,20,22,28H,3-6,9,15-16,18-19H2,1-2H3/b14-11+,21-8-. The van der Waals surface area contributed by atoms with E-state index in [2.05, 4.69) is 18.2 Å². The van der Waals surface area contributed by atoms with E-state index in [-0.39, 0.29) is 23.9 Å². The number of hydrogen-bond donors (Lipinski definition) is 0. The summed E-state index contributed by atoms with van der Waals surface area (Å²) in [4.78, 5) is 31.2. The highest BCUT2D eigenvalue weighted by Crippen LogP contribution is 2.43. The molecule has 1 aromatic heterocycles.